The quantitative estimate of drug-likeness (QED) is 0.353. The van der Waals surface area contributed by atoms with Crippen molar-refractivity contribution in [2.75, 3.05) is 10.8 Å². The lowest BCUT2D eigenvalue weighted by molar-refractivity contribution is -0.119. The van der Waals surface area contributed by atoms with Crippen molar-refractivity contribution in [1.29, 1.82) is 0 Å². The summed E-state index contributed by atoms with van der Waals surface area (Å²) in [6.07, 6.45) is 2.06. The Morgan fingerprint density at radius 2 is 1.82 bits per heavy atom. The van der Waals surface area contributed by atoms with Crippen LogP contribution in [-0.2, 0) is 27.2 Å². The molecular weight excluding hydrogens is 537 g/mol. The van der Waals surface area contributed by atoms with Crippen molar-refractivity contribution in [2.24, 2.45) is 0 Å². The topological polar surface area (TPSA) is 66.5 Å². The number of allylic oxidation sites excluding steroid dienone is 1. The van der Waals surface area contributed by atoms with E-state index in [0.29, 0.717) is 35.7 Å². The average molecular weight is 563 g/mol. The van der Waals surface area contributed by atoms with Gasteiger partial charge in [-0.25, -0.2) is 21.6 Å². The van der Waals surface area contributed by atoms with Gasteiger partial charge >= 0.3 is 0 Å². The first-order valence-electron chi connectivity index (χ1n) is 11.8. The number of hydrogen-bond acceptors (Lipinski definition) is 3. The van der Waals surface area contributed by atoms with E-state index in [-0.39, 0.29) is 27.9 Å². The highest BCUT2D eigenvalue weighted by Gasteiger charge is 2.35. The molecule has 5 nitrogen and oxygen atoms in total. The van der Waals surface area contributed by atoms with Crippen LogP contribution in [0.1, 0.15) is 43.0 Å². The molecule has 1 heterocycles. The van der Waals surface area contributed by atoms with Crippen molar-refractivity contribution in [3.8, 4) is 0 Å². The molecule has 1 aliphatic heterocycles. The van der Waals surface area contributed by atoms with Crippen LogP contribution in [0.25, 0.3) is 11.6 Å². The Kier molecular flexibility index (Phi) is 7.63. The molecule has 0 fully saturated rings. The fourth-order valence-electron chi connectivity index (χ4n) is 4.57. The first kappa shape index (κ1) is 27.7. The Hall–Kier alpha value is -3.30. The van der Waals surface area contributed by atoms with Crippen LogP contribution < -0.4 is 9.62 Å². The monoisotopic (exact) mass is 562 g/mol. The third-order valence-corrected chi connectivity index (χ3v) is 8.40. The van der Waals surface area contributed by atoms with E-state index in [0.717, 1.165) is 10.4 Å². The van der Waals surface area contributed by atoms with Gasteiger partial charge in [-0.05, 0) is 60.4 Å². The SMILES string of the molecule is CC(=O)N[C@@H]1Cc2ccc(/C=C(\C)c3c(F)cccc3Cl)cc2N(S(=O)(=O)c2cccc(C(C)(F)F)c2)C1. The number of nitrogens with one attached hydrogen (secondary N) is 1. The normalized spacial score (nSPS) is 16.2. The fourth-order valence-corrected chi connectivity index (χ4v) is 6.47. The Morgan fingerprint density at radius 1 is 1.11 bits per heavy atom. The van der Waals surface area contributed by atoms with Crippen molar-refractivity contribution in [3.05, 3.63) is 93.8 Å². The summed E-state index contributed by atoms with van der Waals surface area (Å²) in [4.78, 5) is 11.5. The third kappa shape index (κ3) is 5.73. The van der Waals surface area contributed by atoms with Gasteiger partial charge in [-0.1, -0.05) is 48.0 Å². The van der Waals surface area contributed by atoms with Crippen LogP contribution in [-0.4, -0.2) is 26.9 Å². The number of sulfonamides is 1. The van der Waals surface area contributed by atoms with Crippen molar-refractivity contribution >= 4 is 44.9 Å². The molecule has 1 aliphatic rings. The van der Waals surface area contributed by atoms with Crippen molar-refractivity contribution < 1.29 is 26.4 Å². The van der Waals surface area contributed by atoms with Gasteiger partial charge in [0.1, 0.15) is 5.82 Å². The van der Waals surface area contributed by atoms with Gasteiger partial charge in [0.05, 0.1) is 28.2 Å². The van der Waals surface area contributed by atoms with E-state index < -0.39 is 33.4 Å². The van der Waals surface area contributed by atoms with Gasteiger partial charge in [-0.3, -0.25) is 9.10 Å². The number of carbonyl (C=O) groups is 1. The molecule has 0 bridgehead atoms. The minimum Gasteiger partial charge on any atom is -0.351 e. The molecule has 0 radical (unpaired) electrons. The number of hydrogen-bond donors (Lipinski definition) is 1. The van der Waals surface area contributed by atoms with Gasteiger partial charge in [-0.15, -0.1) is 0 Å². The number of alkyl halides is 2. The molecule has 38 heavy (non-hydrogen) atoms. The summed E-state index contributed by atoms with van der Waals surface area (Å²) >= 11 is 6.20. The minimum atomic E-state index is -4.29. The maximum absolute atomic E-state index is 14.4. The van der Waals surface area contributed by atoms with Gasteiger partial charge in [0.15, 0.2) is 0 Å². The molecule has 0 aliphatic carbocycles. The van der Waals surface area contributed by atoms with E-state index >= 15 is 0 Å². The Bertz CT molecular complexity index is 1510. The standard InChI is InChI=1S/C28H26ClF3N2O3S/c1-17(27-24(29)8-5-9-25(27)30)12-19-10-11-20-14-22(33-18(2)35)16-34(26(20)13-19)38(36,37)23-7-4-6-21(15-23)28(3,31)32/h4-13,15,22H,14,16H2,1-3H3,(H,33,35)/b17-12+/t22-/m1/s1. The second kappa shape index (κ2) is 10.5. The number of fused-ring (bicyclic) bond motifs is 1. The largest absolute Gasteiger partial charge is 0.351 e. The number of halogens is 4. The number of anilines is 1. The maximum Gasteiger partial charge on any atom is 0.270 e. The summed E-state index contributed by atoms with van der Waals surface area (Å²) in [5, 5.41) is 3.00. The molecule has 10 heteroatoms. The molecular formula is C28H26ClF3N2O3S. The number of nitrogens with zero attached hydrogens (tertiary/aromatic N) is 1. The van der Waals surface area contributed by atoms with E-state index in [1.54, 1.807) is 37.3 Å². The third-order valence-electron chi connectivity index (χ3n) is 6.31. The second-order valence-electron chi connectivity index (χ2n) is 9.37. The van der Waals surface area contributed by atoms with Crippen LogP contribution in [0.4, 0.5) is 18.9 Å². The number of rotatable bonds is 6. The van der Waals surface area contributed by atoms with Gasteiger partial charge in [0.2, 0.25) is 5.91 Å². The van der Waals surface area contributed by atoms with Gasteiger partial charge in [-0.2, -0.15) is 0 Å². The predicted octanol–water partition coefficient (Wildman–Crippen LogP) is 6.41. The van der Waals surface area contributed by atoms with Crippen LogP contribution in [0.2, 0.25) is 5.02 Å². The van der Waals surface area contributed by atoms with E-state index in [9.17, 15) is 26.4 Å². The zero-order valence-electron chi connectivity index (χ0n) is 20.9. The summed E-state index contributed by atoms with van der Waals surface area (Å²) in [6.45, 7) is 3.64. The van der Waals surface area contributed by atoms with Crippen molar-refractivity contribution in [2.45, 2.75) is 44.1 Å². The highest BCUT2D eigenvalue weighted by atomic mass is 35.5. The molecule has 0 unspecified atom stereocenters. The molecule has 4 rings (SSSR count). The minimum absolute atomic E-state index is 0.0903. The van der Waals surface area contributed by atoms with Crippen LogP contribution in [0.15, 0.2) is 65.6 Å². The molecule has 0 spiro atoms. The summed E-state index contributed by atoms with van der Waals surface area (Å²) in [6, 6.07) is 13.7. The van der Waals surface area contributed by atoms with Crippen LogP contribution in [0, 0.1) is 5.82 Å². The molecule has 1 N–H and O–H groups in total. The maximum atomic E-state index is 14.4. The van der Waals surface area contributed by atoms with E-state index in [4.69, 9.17) is 11.6 Å². The summed E-state index contributed by atoms with van der Waals surface area (Å²) in [5.74, 6) is -4.03. The van der Waals surface area contributed by atoms with Gasteiger partial charge < -0.3 is 5.32 Å². The smallest absolute Gasteiger partial charge is 0.270 e. The van der Waals surface area contributed by atoms with E-state index in [2.05, 4.69) is 5.32 Å². The van der Waals surface area contributed by atoms with Crippen molar-refractivity contribution in [3.63, 3.8) is 0 Å². The second-order valence-corrected chi connectivity index (χ2v) is 11.6. The summed E-state index contributed by atoms with van der Waals surface area (Å²) < 4.78 is 71.1. The van der Waals surface area contributed by atoms with Crippen LogP contribution in [0.5, 0.6) is 0 Å². The van der Waals surface area contributed by atoms with E-state index in [1.165, 1.54) is 37.3 Å². The van der Waals surface area contributed by atoms with Crippen molar-refractivity contribution in [1.82, 2.24) is 5.32 Å². The van der Waals surface area contributed by atoms with E-state index in [1.807, 2.05) is 0 Å². The number of benzene rings is 3. The summed E-state index contributed by atoms with van der Waals surface area (Å²) in [5.41, 5.74) is 1.93. The first-order chi connectivity index (χ1) is 17.8. The lowest BCUT2D eigenvalue weighted by Crippen LogP contribution is -2.49. The van der Waals surface area contributed by atoms with Crippen LogP contribution >= 0.6 is 11.6 Å². The molecule has 3 aromatic rings. The van der Waals surface area contributed by atoms with Gasteiger partial charge in [0, 0.05) is 25.0 Å². The number of carbonyl (C=O) groups excluding carboxylic acids is 1. The molecule has 1 amide bonds. The molecule has 0 aromatic heterocycles. The first-order valence-corrected chi connectivity index (χ1v) is 13.6. The molecule has 0 saturated carbocycles. The number of amides is 1. The van der Waals surface area contributed by atoms with Crippen LogP contribution in [0.3, 0.4) is 0 Å². The Morgan fingerprint density at radius 3 is 2.47 bits per heavy atom. The highest BCUT2D eigenvalue weighted by Crippen LogP contribution is 2.36. The molecule has 3 aromatic carbocycles. The molecule has 0 saturated heterocycles. The zero-order chi connectivity index (χ0) is 27.8. The predicted molar refractivity (Wildman–Crippen MR) is 143 cm³/mol. The summed E-state index contributed by atoms with van der Waals surface area (Å²) in [7, 11) is -4.29. The lowest BCUT2D eigenvalue weighted by Gasteiger charge is -2.36. The Labute approximate surface area is 225 Å². The van der Waals surface area contributed by atoms with Gasteiger partial charge in [0.25, 0.3) is 15.9 Å². The Balaban J connectivity index is 1.82. The lowest BCUT2D eigenvalue weighted by atomic mass is 9.96. The molecule has 200 valence electrons. The molecule has 1 atom stereocenters. The fraction of sp³-hybridized carbons (Fsp3) is 0.250. The zero-order valence-corrected chi connectivity index (χ0v) is 22.5. The highest BCUT2D eigenvalue weighted by molar-refractivity contribution is 7.92. The average Bonchev–Trinajstić information content (AvgIpc) is 2.83.